The molecule has 22 heavy (non-hydrogen) atoms. The number of carbonyl (C=O) groups is 2. The lowest BCUT2D eigenvalue weighted by Crippen LogP contribution is -2.36. The second kappa shape index (κ2) is 5.85. The number of cyclic esters (lactones) is 1. The smallest absolute Gasteiger partial charge is 0.374 e. The highest BCUT2D eigenvalue weighted by molar-refractivity contribution is 6.29. The Kier molecular flexibility index (Phi) is 3.74. The molecule has 3 rings (SSSR count). The summed E-state index contributed by atoms with van der Waals surface area (Å²) in [5.74, 6) is -1.87. The summed E-state index contributed by atoms with van der Waals surface area (Å²) < 4.78 is 5.07. The molecule has 0 saturated heterocycles. The van der Waals surface area contributed by atoms with Gasteiger partial charge >= 0.3 is 5.97 Å². The first-order valence-electron chi connectivity index (χ1n) is 6.94. The van der Waals surface area contributed by atoms with Crippen molar-refractivity contribution in [1.82, 2.24) is 0 Å². The molecule has 0 fully saturated rings. The Morgan fingerprint density at radius 1 is 0.909 bits per heavy atom. The van der Waals surface area contributed by atoms with Crippen molar-refractivity contribution in [2.45, 2.75) is 12.5 Å². The van der Waals surface area contributed by atoms with Gasteiger partial charge in [0.25, 0.3) is 0 Å². The number of ketones is 1. The Morgan fingerprint density at radius 3 is 2.14 bits per heavy atom. The van der Waals surface area contributed by atoms with Crippen molar-refractivity contribution in [1.29, 1.82) is 0 Å². The molecule has 2 aromatic rings. The zero-order valence-corrected chi connectivity index (χ0v) is 11.7. The molecule has 1 heterocycles. The van der Waals surface area contributed by atoms with Crippen LogP contribution in [0.1, 0.15) is 11.1 Å². The van der Waals surface area contributed by atoms with Crippen LogP contribution in [0.4, 0.5) is 0 Å². The van der Waals surface area contributed by atoms with Crippen molar-refractivity contribution in [3.63, 3.8) is 0 Å². The molecule has 0 aromatic heterocycles. The van der Waals surface area contributed by atoms with Crippen LogP contribution in [0.5, 0.6) is 0 Å². The van der Waals surface area contributed by atoms with E-state index in [4.69, 9.17) is 4.74 Å². The zero-order valence-electron chi connectivity index (χ0n) is 11.7. The minimum absolute atomic E-state index is 0.0257. The Hall–Kier alpha value is -2.88. The van der Waals surface area contributed by atoms with Gasteiger partial charge in [0.1, 0.15) is 0 Å². The summed E-state index contributed by atoms with van der Waals surface area (Å²) >= 11 is 0. The first-order valence-corrected chi connectivity index (χ1v) is 6.94. The van der Waals surface area contributed by atoms with E-state index < -0.39 is 17.8 Å². The van der Waals surface area contributed by atoms with Gasteiger partial charge in [0.05, 0.1) is 5.57 Å². The third-order valence-corrected chi connectivity index (χ3v) is 3.54. The molecule has 1 atom stereocenters. The normalized spacial score (nSPS) is 18.3. The monoisotopic (exact) mass is 294 g/mol. The lowest BCUT2D eigenvalue weighted by Gasteiger charge is -2.23. The number of benzene rings is 2. The summed E-state index contributed by atoms with van der Waals surface area (Å²) in [7, 11) is 0. The number of rotatable bonds is 3. The molecule has 0 aliphatic carbocycles. The van der Waals surface area contributed by atoms with Crippen LogP contribution in [0, 0.1) is 0 Å². The van der Waals surface area contributed by atoms with Crippen molar-refractivity contribution >= 4 is 17.3 Å². The average molecular weight is 294 g/mol. The molecule has 1 N–H and O–H groups in total. The maximum atomic E-state index is 12.6. The minimum Gasteiger partial charge on any atom is -0.501 e. The summed E-state index contributed by atoms with van der Waals surface area (Å²) in [6, 6.07) is 18.0. The van der Waals surface area contributed by atoms with E-state index in [9.17, 15) is 14.7 Å². The topological polar surface area (TPSA) is 63.6 Å². The fourth-order valence-corrected chi connectivity index (χ4v) is 2.46. The van der Waals surface area contributed by atoms with Crippen molar-refractivity contribution in [2.75, 3.05) is 0 Å². The fraction of sp³-hybridized carbons (Fsp3) is 0.111. The highest BCUT2D eigenvalue weighted by Crippen LogP contribution is 2.27. The summed E-state index contributed by atoms with van der Waals surface area (Å²) in [5, 5.41) is 9.93. The standard InChI is InChI=1S/C18H14O4/c19-16-14(11-12-7-3-1-4-8-12)22-18(21)17(20)15(16)13-9-5-2-6-10-13/h1-10,14,20H,11H2. The lowest BCUT2D eigenvalue weighted by atomic mass is 9.92. The lowest BCUT2D eigenvalue weighted by molar-refractivity contribution is -0.153. The van der Waals surface area contributed by atoms with Crippen molar-refractivity contribution in [3.05, 3.63) is 77.5 Å². The van der Waals surface area contributed by atoms with Crippen LogP contribution in [0.3, 0.4) is 0 Å². The van der Waals surface area contributed by atoms with E-state index in [1.807, 2.05) is 30.3 Å². The molecule has 110 valence electrons. The van der Waals surface area contributed by atoms with E-state index in [1.165, 1.54) is 0 Å². The van der Waals surface area contributed by atoms with Crippen LogP contribution in [0.2, 0.25) is 0 Å². The van der Waals surface area contributed by atoms with Crippen molar-refractivity contribution < 1.29 is 19.4 Å². The van der Waals surface area contributed by atoms with Crippen molar-refractivity contribution in [3.8, 4) is 0 Å². The number of hydrogen-bond acceptors (Lipinski definition) is 4. The Balaban J connectivity index is 1.94. The minimum atomic E-state index is -0.916. The number of ether oxygens (including phenoxy) is 1. The van der Waals surface area contributed by atoms with Gasteiger partial charge in [0, 0.05) is 6.42 Å². The molecule has 0 amide bonds. The van der Waals surface area contributed by atoms with Crippen LogP contribution < -0.4 is 0 Å². The van der Waals surface area contributed by atoms with Gasteiger partial charge in [0.2, 0.25) is 11.5 Å². The maximum Gasteiger partial charge on any atom is 0.374 e. The predicted molar refractivity (Wildman–Crippen MR) is 81.0 cm³/mol. The molecule has 0 saturated carbocycles. The molecular weight excluding hydrogens is 280 g/mol. The van der Waals surface area contributed by atoms with Crippen LogP contribution in [0.15, 0.2) is 66.4 Å². The number of aliphatic hydroxyl groups excluding tert-OH is 1. The summed E-state index contributed by atoms with van der Waals surface area (Å²) in [5.41, 5.74) is 1.43. The molecule has 0 spiro atoms. The Bertz CT molecular complexity index is 732. The Morgan fingerprint density at radius 2 is 1.50 bits per heavy atom. The van der Waals surface area contributed by atoms with Gasteiger partial charge in [-0.2, -0.15) is 0 Å². The van der Waals surface area contributed by atoms with Gasteiger partial charge in [-0.15, -0.1) is 0 Å². The predicted octanol–water partition coefficient (Wildman–Crippen LogP) is 2.69. The van der Waals surface area contributed by atoms with Gasteiger partial charge in [-0.05, 0) is 11.1 Å². The Labute approximate surface area is 127 Å². The molecular formula is C18H14O4. The molecule has 1 aliphatic rings. The first-order chi connectivity index (χ1) is 10.7. The summed E-state index contributed by atoms with van der Waals surface area (Å²) in [4.78, 5) is 24.4. The average Bonchev–Trinajstić information content (AvgIpc) is 2.55. The number of Topliss-reactive ketones (excluding diaryl/α,β-unsaturated/α-hetero) is 1. The van der Waals surface area contributed by atoms with Gasteiger partial charge in [-0.1, -0.05) is 60.7 Å². The van der Waals surface area contributed by atoms with Crippen LogP contribution in [0.25, 0.3) is 5.57 Å². The van der Waals surface area contributed by atoms with E-state index in [1.54, 1.807) is 30.3 Å². The molecule has 2 aromatic carbocycles. The summed E-state index contributed by atoms with van der Waals surface area (Å²) in [6.07, 6.45) is -0.629. The zero-order chi connectivity index (χ0) is 15.5. The van der Waals surface area contributed by atoms with Crippen LogP contribution >= 0.6 is 0 Å². The second-order valence-electron chi connectivity index (χ2n) is 5.04. The highest BCUT2D eigenvalue weighted by Gasteiger charge is 2.37. The highest BCUT2D eigenvalue weighted by atomic mass is 16.6. The van der Waals surface area contributed by atoms with E-state index in [-0.39, 0.29) is 17.8 Å². The number of aliphatic hydroxyl groups is 1. The first kappa shape index (κ1) is 14.1. The number of esters is 1. The molecule has 1 unspecified atom stereocenters. The summed E-state index contributed by atoms with van der Waals surface area (Å²) in [6.45, 7) is 0. The number of carbonyl (C=O) groups excluding carboxylic acids is 2. The van der Waals surface area contributed by atoms with Crippen LogP contribution in [-0.2, 0) is 20.7 Å². The van der Waals surface area contributed by atoms with Gasteiger partial charge in [0.15, 0.2) is 6.10 Å². The largest absolute Gasteiger partial charge is 0.501 e. The fourth-order valence-electron chi connectivity index (χ4n) is 2.46. The SMILES string of the molecule is O=C1OC(Cc2ccccc2)C(=O)C(c2ccccc2)=C1O. The van der Waals surface area contributed by atoms with E-state index in [0.29, 0.717) is 5.56 Å². The molecule has 4 heteroatoms. The van der Waals surface area contributed by atoms with E-state index in [2.05, 4.69) is 0 Å². The maximum absolute atomic E-state index is 12.6. The van der Waals surface area contributed by atoms with Gasteiger partial charge in [-0.3, -0.25) is 4.79 Å². The third-order valence-electron chi connectivity index (χ3n) is 3.54. The van der Waals surface area contributed by atoms with Crippen molar-refractivity contribution in [2.24, 2.45) is 0 Å². The number of hydrogen-bond donors (Lipinski definition) is 1. The van der Waals surface area contributed by atoms with E-state index in [0.717, 1.165) is 5.56 Å². The molecule has 0 radical (unpaired) electrons. The molecule has 0 bridgehead atoms. The van der Waals surface area contributed by atoms with Gasteiger partial charge < -0.3 is 9.84 Å². The van der Waals surface area contributed by atoms with Gasteiger partial charge in [-0.25, -0.2) is 4.79 Å². The third kappa shape index (κ3) is 2.63. The van der Waals surface area contributed by atoms with Crippen LogP contribution in [-0.4, -0.2) is 23.0 Å². The second-order valence-corrected chi connectivity index (χ2v) is 5.04. The molecule has 1 aliphatic heterocycles. The molecule has 4 nitrogen and oxygen atoms in total. The van der Waals surface area contributed by atoms with E-state index >= 15 is 0 Å². The quantitative estimate of drug-likeness (QED) is 0.884.